The van der Waals surface area contributed by atoms with Crippen LogP contribution in [0.1, 0.15) is 16.7 Å². The van der Waals surface area contributed by atoms with Gasteiger partial charge >= 0.3 is 5.97 Å². The first-order valence-electron chi connectivity index (χ1n) is 6.01. The van der Waals surface area contributed by atoms with Crippen LogP contribution in [0.4, 0.5) is 0 Å². The minimum atomic E-state index is -0.911. The van der Waals surface area contributed by atoms with Crippen LogP contribution < -0.4 is 0 Å². The molecule has 0 saturated heterocycles. The van der Waals surface area contributed by atoms with Crippen molar-refractivity contribution in [3.63, 3.8) is 0 Å². The van der Waals surface area contributed by atoms with Gasteiger partial charge in [-0.25, -0.2) is 4.79 Å². The predicted molar refractivity (Wildman–Crippen MR) is 77.2 cm³/mol. The van der Waals surface area contributed by atoms with Crippen LogP contribution in [0.25, 0.3) is 5.57 Å². The van der Waals surface area contributed by atoms with Crippen molar-refractivity contribution in [2.24, 2.45) is 0 Å². The highest BCUT2D eigenvalue weighted by Crippen LogP contribution is 2.39. The molecular weight excluding hydrogens is 256 g/mol. The molecule has 2 aromatic carbocycles. The normalized spacial score (nSPS) is 15.5. The number of rotatable bonds is 1. The molecule has 1 N–H and O–H groups in total. The molecule has 3 heteroatoms. The summed E-state index contributed by atoms with van der Waals surface area (Å²) in [5.74, 6) is -0.0454. The maximum atomic E-state index is 11.1. The number of carbonyl (C=O) groups is 1. The molecule has 3 rings (SSSR count). The molecule has 0 unspecified atom stereocenters. The third kappa shape index (κ3) is 2.29. The van der Waals surface area contributed by atoms with Crippen LogP contribution in [0, 0.1) is 0 Å². The van der Waals surface area contributed by atoms with Gasteiger partial charge in [0.1, 0.15) is 0 Å². The lowest BCUT2D eigenvalue weighted by Crippen LogP contribution is -1.96. The molecule has 0 spiro atoms. The number of hydrogen-bond acceptors (Lipinski definition) is 2. The summed E-state index contributed by atoms with van der Waals surface area (Å²) in [7, 11) is 0. The van der Waals surface area contributed by atoms with Gasteiger partial charge in [-0.3, -0.25) is 0 Å². The number of aliphatic carboxylic acids is 1. The lowest BCUT2D eigenvalue weighted by molar-refractivity contribution is -0.131. The highest BCUT2D eigenvalue weighted by Gasteiger charge is 2.18. The van der Waals surface area contributed by atoms with E-state index in [1.807, 2.05) is 42.5 Å². The fourth-order valence-electron chi connectivity index (χ4n) is 2.30. The molecule has 2 nitrogen and oxygen atoms in total. The summed E-state index contributed by atoms with van der Waals surface area (Å²) >= 11 is 1.75. The topological polar surface area (TPSA) is 37.3 Å². The Morgan fingerprint density at radius 1 is 1.05 bits per heavy atom. The van der Waals surface area contributed by atoms with E-state index >= 15 is 0 Å². The summed E-state index contributed by atoms with van der Waals surface area (Å²) in [6.45, 7) is 0. The highest BCUT2D eigenvalue weighted by molar-refractivity contribution is 7.98. The molecular formula is C16H12O2S. The van der Waals surface area contributed by atoms with Crippen LogP contribution in [-0.4, -0.2) is 11.1 Å². The largest absolute Gasteiger partial charge is 0.478 e. The molecule has 1 heterocycles. The van der Waals surface area contributed by atoms with Gasteiger partial charge in [-0.2, -0.15) is 0 Å². The Labute approximate surface area is 115 Å². The van der Waals surface area contributed by atoms with Crippen molar-refractivity contribution in [2.75, 3.05) is 0 Å². The Kier molecular flexibility index (Phi) is 3.13. The monoisotopic (exact) mass is 268 g/mol. The quantitative estimate of drug-likeness (QED) is 0.799. The van der Waals surface area contributed by atoms with E-state index in [0.29, 0.717) is 0 Å². The number of thioether (sulfide) groups is 1. The van der Waals surface area contributed by atoms with E-state index in [2.05, 4.69) is 6.07 Å². The molecule has 0 amide bonds. The lowest BCUT2D eigenvalue weighted by Gasteiger charge is -2.09. The van der Waals surface area contributed by atoms with E-state index < -0.39 is 5.97 Å². The SMILES string of the molecule is O=C(O)/C=C1\c2ccccc2CSc2ccccc21. The number of benzene rings is 2. The van der Waals surface area contributed by atoms with Gasteiger partial charge in [0, 0.05) is 16.7 Å². The van der Waals surface area contributed by atoms with E-state index in [-0.39, 0.29) is 0 Å². The van der Waals surface area contributed by atoms with Gasteiger partial charge in [0.2, 0.25) is 0 Å². The molecule has 0 atom stereocenters. The molecule has 0 aromatic heterocycles. The Morgan fingerprint density at radius 2 is 1.74 bits per heavy atom. The molecule has 0 bridgehead atoms. The second kappa shape index (κ2) is 4.94. The van der Waals surface area contributed by atoms with Crippen LogP contribution in [0.5, 0.6) is 0 Å². The van der Waals surface area contributed by atoms with Crippen LogP contribution >= 0.6 is 11.8 Å². The van der Waals surface area contributed by atoms with Crippen molar-refractivity contribution < 1.29 is 9.90 Å². The van der Waals surface area contributed by atoms with E-state index in [1.54, 1.807) is 11.8 Å². The molecule has 0 saturated carbocycles. The van der Waals surface area contributed by atoms with Gasteiger partial charge in [-0.1, -0.05) is 42.5 Å². The zero-order valence-corrected chi connectivity index (χ0v) is 11.0. The first kappa shape index (κ1) is 12.1. The fraction of sp³-hybridized carbons (Fsp3) is 0.0625. The van der Waals surface area contributed by atoms with E-state index in [4.69, 9.17) is 5.11 Å². The molecule has 0 fully saturated rings. The Balaban J connectivity index is 2.28. The fourth-order valence-corrected chi connectivity index (χ4v) is 3.37. The summed E-state index contributed by atoms with van der Waals surface area (Å²) < 4.78 is 0. The summed E-state index contributed by atoms with van der Waals surface area (Å²) in [5.41, 5.74) is 3.99. The number of fused-ring (bicyclic) bond motifs is 2. The van der Waals surface area contributed by atoms with E-state index in [0.717, 1.165) is 27.3 Å². The zero-order valence-electron chi connectivity index (χ0n) is 10.2. The molecule has 1 aliphatic heterocycles. The second-order valence-corrected chi connectivity index (χ2v) is 5.36. The average molecular weight is 268 g/mol. The molecule has 19 heavy (non-hydrogen) atoms. The van der Waals surface area contributed by atoms with Crippen molar-refractivity contribution in [3.05, 3.63) is 71.3 Å². The molecule has 94 valence electrons. The third-order valence-electron chi connectivity index (χ3n) is 3.14. The van der Waals surface area contributed by atoms with Gasteiger partial charge in [0.05, 0.1) is 0 Å². The standard InChI is InChI=1S/C16H12O2S/c17-16(18)9-14-12-6-2-1-5-11(12)10-19-15-8-4-3-7-13(14)15/h1-9H,10H2,(H,17,18)/b14-9+. The maximum Gasteiger partial charge on any atom is 0.328 e. The van der Waals surface area contributed by atoms with Crippen LogP contribution in [0.2, 0.25) is 0 Å². The maximum absolute atomic E-state index is 11.1. The summed E-state index contributed by atoms with van der Waals surface area (Å²) in [6, 6.07) is 16.0. The van der Waals surface area contributed by atoms with Crippen molar-refractivity contribution in [1.29, 1.82) is 0 Å². The Bertz CT molecular complexity index is 624. The smallest absolute Gasteiger partial charge is 0.328 e. The van der Waals surface area contributed by atoms with Gasteiger partial charge in [-0.15, -0.1) is 11.8 Å². The van der Waals surface area contributed by atoms with Gasteiger partial charge in [-0.05, 0) is 28.3 Å². The van der Waals surface area contributed by atoms with Crippen LogP contribution in [0.15, 0.2) is 59.5 Å². The first-order valence-corrected chi connectivity index (χ1v) is 6.99. The molecule has 0 aliphatic carbocycles. The highest BCUT2D eigenvalue weighted by atomic mass is 32.2. The van der Waals surface area contributed by atoms with Crippen LogP contribution in [-0.2, 0) is 10.5 Å². The minimum absolute atomic E-state index is 0.795. The summed E-state index contributed by atoms with van der Waals surface area (Å²) in [4.78, 5) is 12.2. The average Bonchev–Trinajstić information content (AvgIpc) is 2.57. The Morgan fingerprint density at radius 3 is 2.53 bits per heavy atom. The van der Waals surface area contributed by atoms with Crippen LogP contribution in [0.3, 0.4) is 0 Å². The van der Waals surface area contributed by atoms with Gasteiger partial charge < -0.3 is 5.11 Å². The predicted octanol–water partition coefficient (Wildman–Crippen LogP) is 3.81. The van der Waals surface area contributed by atoms with Crippen molar-refractivity contribution in [1.82, 2.24) is 0 Å². The number of carboxylic acids is 1. The van der Waals surface area contributed by atoms with Crippen molar-refractivity contribution >= 4 is 23.3 Å². The lowest BCUT2D eigenvalue weighted by atomic mass is 9.94. The minimum Gasteiger partial charge on any atom is -0.478 e. The Hall–Kier alpha value is -2.00. The zero-order chi connectivity index (χ0) is 13.2. The van der Waals surface area contributed by atoms with Gasteiger partial charge in [0.15, 0.2) is 0 Å². The van der Waals surface area contributed by atoms with E-state index in [9.17, 15) is 4.79 Å². The van der Waals surface area contributed by atoms with Crippen molar-refractivity contribution in [2.45, 2.75) is 10.6 Å². The molecule has 2 aromatic rings. The van der Waals surface area contributed by atoms with E-state index in [1.165, 1.54) is 11.6 Å². The first-order chi connectivity index (χ1) is 9.25. The third-order valence-corrected chi connectivity index (χ3v) is 4.26. The molecule has 0 radical (unpaired) electrons. The number of carboxylic acid groups (broad SMARTS) is 1. The summed E-state index contributed by atoms with van der Waals surface area (Å²) in [5, 5.41) is 9.13. The van der Waals surface area contributed by atoms with Gasteiger partial charge in [0.25, 0.3) is 0 Å². The number of hydrogen-bond donors (Lipinski definition) is 1. The summed E-state index contributed by atoms with van der Waals surface area (Å²) in [6.07, 6.45) is 1.31. The van der Waals surface area contributed by atoms with Crippen molar-refractivity contribution in [3.8, 4) is 0 Å². The molecule has 1 aliphatic rings. The second-order valence-electron chi connectivity index (χ2n) is 4.34.